The van der Waals surface area contributed by atoms with Crippen molar-refractivity contribution in [2.24, 2.45) is 5.14 Å². The number of primary sulfonamides is 1. The SMILES string of the molecule is Cc1nc(N)nc(Nc2ccc(S(N)(=O)=O)cc2)n1. The molecule has 9 heteroatoms. The van der Waals surface area contributed by atoms with E-state index in [1.165, 1.54) is 12.1 Å². The van der Waals surface area contributed by atoms with E-state index in [0.717, 1.165) is 0 Å². The number of aromatic nitrogens is 3. The van der Waals surface area contributed by atoms with Crippen LogP contribution in [-0.2, 0) is 10.0 Å². The fourth-order valence-corrected chi connectivity index (χ4v) is 1.93. The minimum atomic E-state index is -3.69. The molecule has 2 rings (SSSR count). The van der Waals surface area contributed by atoms with Gasteiger partial charge in [0.1, 0.15) is 5.82 Å². The van der Waals surface area contributed by atoms with Gasteiger partial charge in [0.15, 0.2) is 0 Å². The van der Waals surface area contributed by atoms with E-state index < -0.39 is 10.0 Å². The first-order valence-electron chi connectivity index (χ1n) is 5.22. The Morgan fingerprint density at radius 3 is 2.26 bits per heavy atom. The van der Waals surface area contributed by atoms with Crippen molar-refractivity contribution in [3.63, 3.8) is 0 Å². The number of aryl methyl sites for hydroxylation is 1. The number of nitrogen functional groups attached to an aromatic ring is 1. The van der Waals surface area contributed by atoms with Crippen LogP contribution in [0.4, 0.5) is 17.6 Å². The molecule has 1 aromatic heterocycles. The Bertz CT molecular complexity index is 678. The quantitative estimate of drug-likeness (QED) is 0.727. The highest BCUT2D eigenvalue weighted by molar-refractivity contribution is 7.89. The maximum atomic E-state index is 11.1. The molecule has 1 aromatic carbocycles. The van der Waals surface area contributed by atoms with E-state index in [1.54, 1.807) is 19.1 Å². The molecule has 8 nitrogen and oxygen atoms in total. The van der Waals surface area contributed by atoms with Gasteiger partial charge in [-0.1, -0.05) is 0 Å². The molecular weight excluding hydrogens is 268 g/mol. The standard InChI is InChI=1S/C10H12N6O2S/c1-6-13-9(11)16-10(14-6)15-7-2-4-8(5-3-7)19(12,17)18/h2-5H,1H3,(H2,12,17,18)(H3,11,13,14,15,16). The number of nitrogens with zero attached hydrogens (tertiary/aromatic N) is 3. The van der Waals surface area contributed by atoms with Crippen molar-refractivity contribution in [2.75, 3.05) is 11.1 Å². The van der Waals surface area contributed by atoms with Gasteiger partial charge < -0.3 is 11.1 Å². The van der Waals surface area contributed by atoms with Gasteiger partial charge in [0.05, 0.1) is 4.90 Å². The molecule has 1 heterocycles. The lowest BCUT2D eigenvalue weighted by Crippen LogP contribution is -2.12. The average molecular weight is 280 g/mol. The summed E-state index contributed by atoms with van der Waals surface area (Å²) in [6, 6.07) is 5.87. The molecule has 0 aliphatic carbocycles. The molecule has 2 aromatic rings. The highest BCUT2D eigenvalue weighted by Gasteiger charge is 2.07. The first-order valence-corrected chi connectivity index (χ1v) is 6.77. The summed E-state index contributed by atoms with van der Waals surface area (Å²) in [5.41, 5.74) is 6.10. The Hall–Kier alpha value is -2.26. The fraction of sp³-hybridized carbons (Fsp3) is 0.100. The van der Waals surface area contributed by atoms with Gasteiger partial charge in [-0.3, -0.25) is 0 Å². The van der Waals surface area contributed by atoms with Crippen LogP contribution in [0, 0.1) is 6.92 Å². The van der Waals surface area contributed by atoms with Crippen LogP contribution in [0.25, 0.3) is 0 Å². The molecule has 0 saturated carbocycles. The first kappa shape index (κ1) is 13.2. The largest absolute Gasteiger partial charge is 0.368 e. The summed E-state index contributed by atoms with van der Waals surface area (Å²) in [4.78, 5) is 11.8. The lowest BCUT2D eigenvalue weighted by molar-refractivity contribution is 0.598. The molecule has 100 valence electrons. The Morgan fingerprint density at radius 2 is 1.74 bits per heavy atom. The van der Waals surface area contributed by atoms with Gasteiger partial charge in [0, 0.05) is 5.69 Å². The summed E-state index contributed by atoms with van der Waals surface area (Å²) in [6.45, 7) is 1.69. The van der Waals surface area contributed by atoms with E-state index in [4.69, 9.17) is 10.9 Å². The molecule has 0 aliphatic rings. The van der Waals surface area contributed by atoms with E-state index in [-0.39, 0.29) is 16.8 Å². The van der Waals surface area contributed by atoms with Crippen LogP contribution in [0.5, 0.6) is 0 Å². The minimum absolute atomic E-state index is 0.0318. The maximum Gasteiger partial charge on any atom is 0.238 e. The molecule has 0 atom stereocenters. The molecule has 0 fully saturated rings. The Balaban J connectivity index is 2.24. The number of hydrogen-bond acceptors (Lipinski definition) is 7. The van der Waals surface area contributed by atoms with Crippen molar-refractivity contribution in [2.45, 2.75) is 11.8 Å². The van der Waals surface area contributed by atoms with Crippen LogP contribution in [0.3, 0.4) is 0 Å². The van der Waals surface area contributed by atoms with Crippen molar-refractivity contribution >= 4 is 27.6 Å². The zero-order valence-electron chi connectivity index (χ0n) is 10.0. The molecule has 19 heavy (non-hydrogen) atoms. The van der Waals surface area contributed by atoms with Crippen molar-refractivity contribution < 1.29 is 8.42 Å². The first-order chi connectivity index (χ1) is 8.84. The zero-order chi connectivity index (χ0) is 14.0. The summed E-state index contributed by atoms with van der Waals surface area (Å²) >= 11 is 0. The number of nitrogens with two attached hydrogens (primary N) is 2. The van der Waals surface area contributed by atoms with Crippen LogP contribution in [0.15, 0.2) is 29.2 Å². The Morgan fingerprint density at radius 1 is 1.11 bits per heavy atom. The number of rotatable bonds is 3. The number of nitrogens with one attached hydrogen (secondary N) is 1. The lowest BCUT2D eigenvalue weighted by Gasteiger charge is -2.06. The summed E-state index contributed by atoms with van der Waals surface area (Å²) < 4.78 is 22.2. The Labute approximate surface area is 110 Å². The smallest absolute Gasteiger partial charge is 0.238 e. The third-order valence-corrected chi connectivity index (χ3v) is 3.13. The molecule has 5 N–H and O–H groups in total. The zero-order valence-corrected chi connectivity index (χ0v) is 10.8. The molecule has 0 aliphatic heterocycles. The monoisotopic (exact) mass is 280 g/mol. The van der Waals surface area contributed by atoms with Crippen molar-refractivity contribution in [3.8, 4) is 0 Å². The van der Waals surface area contributed by atoms with Crippen molar-refractivity contribution in [1.29, 1.82) is 0 Å². The summed E-state index contributed by atoms with van der Waals surface area (Å²) in [5.74, 6) is 0.876. The number of sulfonamides is 1. The van der Waals surface area contributed by atoms with Gasteiger partial charge in [-0.05, 0) is 31.2 Å². The van der Waals surface area contributed by atoms with Crippen LogP contribution in [0.2, 0.25) is 0 Å². The number of hydrogen-bond donors (Lipinski definition) is 3. The minimum Gasteiger partial charge on any atom is -0.368 e. The molecule has 0 bridgehead atoms. The maximum absolute atomic E-state index is 11.1. The average Bonchev–Trinajstić information content (AvgIpc) is 2.26. The van der Waals surface area contributed by atoms with E-state index in [2.05, 4.69) is 20.3 Å². The molecular formula is C10H12N6O2S. The van der Waals surface area contributed by atoms with Gasteiger partial charge in [0.2, 0.25) is 21.9 Å². The van der Waals surface area contributed by atoms with Crippen LogP contribution in [0.1, 0.15) is 5.82 Å². The van der Waals surface area contributed by atoms with E-state index >= 15 is 0 Å². The third-order valence-electron chi connectivity index (χ3n) is 2.20. The molecule has 0 unspecified atom stereocenters. The highest BCUT2D eigenvalue weighted by Crippen LogP contribution is 2.16. The van der Waals surface area contributed by atoms with Crippen LogP contribution >= 0.6 is 0 Å². The molecule has 0 spiro atoms. The second-order valence-electron chi connectivity index (χ2n) is 3.76. The normalized spacial score (nSPS) is 11.3. The summed E-state index contributed by atoms with van der Waals surface area (Å²) in [6.07, 6.45) is 0. The van der Waals surface area contributed by atoms with Gasteiger partial charge in [0.25, 0.3) is 0 Å². The topological polar surface area (TPSA) is 137 Å². The van der Waals surface area contributed by atoms with Gasteiger partial charge >= 0.3 is 0 Å². The third kappa shape index (κ3) is 3.36. The molecule has 0 amide bonds. The molecule has 0 saturated heterocycles. The molecule has 0 radical (unpaired) electrons. The Kier molecular flexibility index (Phi) is 3.32. The van der Waals surface area contributed by atoms with Crippen LogP contribution in [-0.4, -0.2) is 23.4 Å². The van der Waals surface area contributed by atoms with Gasteiger partial charge in [-0.25, -0.2) is 13.6 Å². The van der Waals surface area contributed by atoms with Crippen molar-refractivity contribution in [3.05, 3.63) is 30.1 Å². The second kappa shape index (κ2) is 4.78. The predicted molar refractivity (Wildman–Crippen MR) is 70.1 cm³/mol. The van der Waals surface area contributed by atoms with Crippen molar-refractivity contribution in [1.82, 2.24) is 15.0 Å². The van der Waals surface area contributed by atoms with E-state index in [1.807, 2.05) is 0 Å². The highest BCUT2D eigenvalue weighted by atomic mass is 32.2. The summed E-state index contributed by atoms with van der Waals surface area (Å²) in [5, 5.41) is 7.89. The second-order valence-corrected chi connectivity index (χ2v) is 5.32. The number of anilines is 3. The fourth-order valence-electron chi connectivity index (χ4n) is 1.42. The predicted octanol–water partition coefficient (Wildman–Crippen LogP) is 0.153. The lowest BCUT2D eigenvalue weighted by atomic mass is 10.3. The van der Waals surface area contributed by atoms with E-state index in [9.17, 15) is 8.42 Å². The van der Waals surface area contributed by atoms with Gasteiger partial charge in [-0.2, -0.15) is 15.0 Å². The number of benzene rings is 1. The van der Waals surface area contributed by atoms with Crippen LogP contribution < -0.4 is 16.2 Å². The van der Waals surface area contributed by atoms with Gasteiger partial charge in [-0.15, -0.1) is 0 Å². The van der Waals surface area contributed by atoms with E-state index in [0.29, 0.717) is 11.5 Å². The summed E-state index contributed by atoms with van der Waals surface area (Å²) in [7, 11) is -3.69.